The molecule has 0 aliphatic rings. The molecule has 2 atom stereocenters. The quantitative estimate of drug-likeness (QED) is 0.747. The predicted molar refractivity (Wildman–Crippen MR) is 114 cm³/mol. The number of carbonyl (C=O) groups excluding carboxylic acids is 2. The molecule has 0 heterocycles. The van der Waals surface area contributed by atoms with Crippen molar-refractivity contribution in [3.05, 3.63) is 70.8 Å². The van der Waals surface area contributed by atoms with E-state index in [0.29, 0.717) is 13.0 Å². The molecule has 0 radical (unpaired) electrons. The lowest BCUT2D eigenvalue weighted by atomic mass is 10.0. The number of rotatable bonds is 8. The molecule has 2 rings (SSSR count). The van der Waals surface area contributed by atoms with Crippen molar-refractivity contribution in [2.24, 2.45) is 0 Å². The van der Waals surface area contributed by atoms with Crippen molar-refractivity contribution in [1.82, 2.24) is 10.2 Å². The van der Waals surface area contributed by atoms with E-state index in [4.69, 9.17) is 0 Å². The summed E-state index contributed by atoms with van der Waals surface area (Å²) in [6.07, 6.45) is 1.15. The number of nitrogens with one attached hydrogen (secondary N) is 1. The SMILES string of the molecule is CCC(C)NC(=O)C(C)N(Cc1ccccc1)C(=O)Cc1cc(C)ccc1C. The Labute approximate surface area is 169 Å². The smallest absolute Gasteiger partial charge is 0.242 e. The minimum atomic E-state index is -0.535. The van der Waals surface area contributed by atoms with Gasteiger partial charge in [-0.3, -0.25) is 9.59 Å². The first-order chi connectivity index (χ1) is 13.3. The Kier molecular flexibility index (Phi) is 7.80. The Morgan fingerprint density at radius 1 is 1.04 bits per heavy atom. The highest BCUT2D eigenvalue weighted by atomic mass is 16.2. The first-order valence-corrected chi connectivity index (χ1v) is 10.0. The van der Waals surface area contributed by atoms with Crippen molar-refractivity contribution in [3.63, 3.8) is 0 Å². The number of carbonyl (C=O) groups is 2. The highest BCUT2D eigenvalue weighted by Crippen LogP contribution is 2.16. The summed E-state index contributed by atoms with van der Waals surface area (Å²) in [5.41, 5.74) is 4.25. The van der Waals surface area contributed by atoms with E-state index in [1.165, 1.54) is 0 Å². The molecule has 2 amide bonds. The van der Waals surface area contributed by atoms with Crippen LogP contribution in [0.3, 0.4) is 0 Å². The van der Waals surface area contributed by atoms with Crippen molar-refractivity contribution in [2.75, 3.05) is 0 Å². The summed E-state index contributed by atoms with van der Waals surface area (Å²) in [7, 11) is 0. The molecule has 0 fully saturated rings. The molecule has 150 valence electrons. The Balaban J connectivity index is 2.24. The molecule has 0 saturated heterocycles. The number of hydrogen-bond donors (Lipinski definition) is 1. The molecule has 0 bridgehead atoms. The van der Waals surface area contributed by atoms with Gasteiger partial charge < -0.3 is 10.2 Å². The summed E-state index contributed by atoms with van der Waals surface area (Å²) in [4.78, 5) is 27.6. The zero-order chi connectivity index (χ0) is 20.7. The van der Waals surface area contributed by atoms with Crippen LogP contribution in [0.4, 0.5) is 0 Å². The van der Waals surface area contributed by atoms with E-state index < -0.39 is 6.04 Å². The van der Waals surface area contributed by atoms with Gasteiger partial charge in [-0.2, -0.15) is 0 Å². The summed E-state index contributed by atoms with van der Waals surface area (Å²) in [5.74, 6) is -0.149. The van der Waals surface area contributed by atoms with Crippen LogP contribution in [-0.2, 0) is 22.6 Å². The maximum Gasteiger partial charge on any atom is 0.242 e. The summed E-state index contributed by atoms with van der Waals surface area (Å²) in [6, 6.07) is 15.5. The molecule has 28 heavy (non-hydrogen) atoms. The Hall–Kier alpha value is -2.62. The molecule has 2 aromatic rings. The Morgan fingerprint density at radius 3 is 2.36 bits per heavy atom. The van der Waals surface area contributed by atoms with Gasteiger partial charge >= 0.3 is 0 Å². The van der Waals surface area contributed by atoms with E-state index in [2.05, 4.69) is 11.4 Å². The topological polar surface area (TPSA) is 49.4 Å². The van der Waals surface area contributed by atoms with E-state index in [-0.39, 0.29) is 17.9 Å². The fourth-order valence-corrected chi connectivity index (χ4v) is 3.08. The van der Waals surface area contributed by atoms with Crippen molar-refractivity contribution in [2.45, 2.75) is 66.1 Å². The molecule has 0 aliphatic carbocycles. The van der Waals surface area contributed by atoms with Crippen molar-refractivity contribution in [3.8, 4) is 0 Å². The lowest BCUT2D eigenvalue weighted by Crippen LogP contribution is -2.49. The van der Waals surface area contributed by atoms with Crippen molar-refractivity contribution in [1.29, 1.82) is 0 Å². The van der Waals surface area contributed by atoms with Crippen LogP contribution in [0.25, 0.3) is 0 Å². The molecule has 4 heteroatoms. The van der Waals surface area contributed by atoms with Gasteiger partial charge in [0.2, 0.25) is 11.8 Å². The molecular weight excluding hydrogens is 348 g/mol. The Bertz CT molecular complexity index is 802. The number of aryl methyl sites for hydroxylation is 2. The van der Waals surface area contributed by atoms with Crippen LogP contribution in [-0.4, -0.2) is 28.8 Å². The number of benzene rings is 2. The van der Waals surface area contributed by atoms with E-state index >= 15 is 0 Å². The van der Waals surface area contributed by atoms with Gasteiger partial charge in [0.25, 0.3) is 0 Å². The van der Waals surface area contributed by atoms with Gasteiger partial charge in [0.15, 0.2) is 0 Å². The molecular formula is C24H32N2O2. The summed E-state index contributed by atoms with van der Waals surface area (Å²) < 4.78 is 0. The second-order valence-corrected chi connectivity index (χ2v) is 7.61. The summed E-state index contributed by atoms with van der Waals surface area (Å²) in [5, 5.41) is 3.00. The van der Waals surface area contributed by atoms with Crippen LogP contribution in [0.5, 0.6) is 0 Å². The minimum absolute atomic E-state index is 0.0376. The zero-order valence-corrected chi connectivity index (χ0v) is 17.7. The maximum atomic E-state index is 13.2. The van der Waals surface area contributed by atoms with Crippen molar-refractivity contribution >= 4 is 11.8 Å². The van der Waals surface area contributed by atoms with E-state index in [0.717, 1.165) is 28.7 Å². The second kappa shape index (κ2) is 10.1. The van der Waals surface area contributed by atoms with Crippen LogP contribution in [0.2, 0.25) is 0 Å². The van der Waals surface area contributed by atoms with E-state index in [1.807, 2.05) is 77.1 Å². The lowest BCUT2D eigenvalue weighted by Gasteiger charge is -2.30. The fourth-order valence-electron chi connectivity index (χ4n) is 3.08. The molecule has 2 unspecified atom stereocenters. The van der Waals surface area contributed by atoms with Crippen LogP contribution < -0.4 is 5.32 Å². The van der Waals surface area contributed by atoms with Gasteiger partial charge in [-0.05, 0) is 50.8 Å². The van der Waals surface area contributed by atoms with E-state index in [1.54, 1.807) is 4.90 Å². The summed E-state index contributed by atoms with van der Waals surface area (Å²) in [6.45, 7) is 10.3. The van der Waals surface area contributed by atoms with Gasteiger partial charge in [0, 0.05) is 12.6 Å². The molecule has 0 saturated carbocycles. The third-order valence-corrected chi connectivity index (χ3v) is 5.21. The molecule has 0 aromatic heterocycles. The number of nitrogens with zero attached hydrogens (tertiary/aromatic N) is 1. The van der Waals surface area contributed by atoms with Gasteiger partial charge in [0.1, 0.15) is 6.04 Å². The van der Waals surface area contributed by atoms with Crippen molar-refractivity contribution < 1.29 is 9.59 Å². The lowest BCUT2D eigenvalue weighted by molar-refractivity contribution is -0.140. The van der Waals surface area contributed by atoms with Gasteiger partial charge in [-0.1, -0.05) is 61.0 Å². The molecule has 0 spiro atoms. The van der Waals surface area contributed by atoms with E-state index in [9.17, 15) is 9.59 Å². The van der Waals surface area contributed by atoms with Gasteiger partial charge in [-0.25, -0.2) is 0 Å². The van der Waals surface area contributed by atoms with Crippen LogP contribution in [0, 0.1) is 13.8 Å². The standard InChI is InChI=1S/C24H32N2O2/c1-6-19(4)25-24(28)20(5)26(16-21-10-8-7-9-11-21)23(27)15-22-14-17(2)12-13-18(22)3/h7-14,19-20H,6,15-16H2,1-5H3,(H,25,28). The molecule has 4 nitrogen and oxygen atoms in total. The zero-order valence-electron chi connectivity index (χ0n) is 17.7. The fraction of sp³-hybridized carbons (Fsp3) is 0.417. The molecule has 0 aliphatic heterocycles. The molecule has 1 N–H and O–H groups in total. The number of hydrogen-bond acceptors (Lipinski definition) is 2. The first-order valence-electron chi connectivity index (χ1n) is 10.0. The summed E-state index contributed by atoms with van der Waals surface area (Å²) >= 11 is 0. The average Bonchev–Trinajstić information content (AvgIpc) is 2.68. The van der Waals surface area contributed by atoms with Gasteiger partial charge in [0.05, 0.1) is 6.42 Å². The average molecular weight is 381 g/mol. The van der Waals surface area contributed by atoms with Crippen LogP contribution >= 0.6 is 0 Å². The predicted octanol–water partition coefficient (Wildman–Crippen LogP) is 4.18. The second-order valence-electron chi connectivity index (χ2n) is 7.61. The third-order valence-electron chi connectivity index (χ3n) is 5.21. The van der Waals surface area contributed by atoms with Crippen LogP contribution in [0.15, 0.2) is 48.5 Å². The monoisotopic (exact) mass is 380 g/mol. The minimum Gasteiger partial charge on any atom is -0.352 e. The third kappa shape index (κ3) is 5.95. The molecule has 2 aromatic carbocycles. The van der Waals surface area contributed by atoms with Crippen LogP contribution in [0.1, 0.15) is 49.4 Å². The Morgan fingerprint density at radius 2 is 1.71 bits per heavy atom. The van der Waals surface area contributed by atoms with Gasteiger partial charge in [-0.15, -0.1) is 0 Å². The maximum absolute atomic E-state index is 13.2. The highest BCUT2D eigenvalue weighted by molar-refractivity contribution is 5.88. The number of amides is 2. The normalized spacial score (nSPS) is 12.9. The largest absolute Gasteiger partial charge is 0.352 e. The first kappa shape index (κ1) is 21.7. The highest BCUT2D eigenvalue weighted by Gasteiger charge is 2.27.